The number of rotatable bonds is 2. The van der Waals surface area contributed by atoms with Gasteiger partial charge in [-0.3, -0.25) is 4.40 Å². The molecule has 0 saturated heterocycles. The molecule has 0 spiro atoms. The number of hydrogen-bond acceptors (Lipinski definition) is 3. The van der Waals surface area contributed by atoms with Crippen LogP contribution in [-0.4, -0.2) is 19.6 Å². The van der Waals surface area contributed by atoms with Crippen molar-refractivity contribution in [1.29, 1.82) is 0 Å². The minimum atomic E-state index is -0.310. The van der Waals surface area contributed by atoms with Crippen LogP contribution in [0.3, 0.4) is 0 Å². The Labute approximate surface area is 108 Å². The highest BCUT2D eigenvalue weighted by Gasteiger charge is 2.13. The second-order valence-corrected chi connectivity index (χ2v) is 4.63. The first-order valence-corrected chi connectivity index (χ1v) is 6.03. The van der Waals surface area contributed by atoms with E-state index in [1.54, 1.807) is 0 Å². The fraction of sp³-hybridized carbons (Fsp3) is 0.214. The van der Waals surface area contributed by atoms with Crippen molar-refractivity contribution in [3.63, 3.8) is 0 Å². The zero-order valence-electron chi connectivity index (χ0n) is 10.5. The van der Waals surface area contributed by atoms with E-state index in [-0.39, 0.29) is 18.9 Å². The summed E-state index contributed by atoms with van der Waals surface area (Å²) in [5.74, 6) is 0. The van der Waals surface area contributed by atoms with Crippen molar-refractivity contribution in [3.8, 4) is 0 Å². The largest absolute Gasteiger partial charge is 0.392 e. The summed E-state index contributed by atoms with van der Waals surface area (Å²) in [5.41, 5.74) is 3.13. The van der Waals surface area contributed by atoms with Gasteiger partial charge in [0.15, 0.2) is 0 Å². The number of nitrogens with zero attached hydrogens (tertiary/aromatic N) is 1. The first kappa shape index (κ1) is 12.0. The van der Waals surface area contributed by atoms with E-state index in [2.05, 4.69) is 4.98 Å². The average Bonchev–Trinajstić information content (AvgIpc) is 2.76. The number of aromatic nitrogens is 2. The maximum Gasteiger partial charge on any atom is 0.330 e. The van der Waals surface area contributed by atoms with E-state index in [1.165, 1.54) is 4.40 Å². The van der Waals surface area contributed by atoms with Crippen molar-refractivity contribution in [1.82, 2.24) is 9.38 Å². The van der Waals surface area contributed by atoms with Crippen LogP contribution in [0.15, 0.2) is 29.1 Å². The van der Waals surface area contributed by atoms with E-state index >= 15 is 0 Å². The van der Waals surface area contributed by atoms with Gasteiger partial charge in [0.2, 0.25) is 0 Å². The standard InChI is InChI=1S/C14H14N2O3/c1-8-2-3-12-9(4-8)5-13-10(6-17)11(7-18)15-14(19)16(12)13/h2-5,17-18H,6-7H2,1H3,(H,15,19). The molecule has 0 radical (unpaired) electrons. The van der Waals surface area contributed by atoms with Crippen LogP contribution in [0.25, 0.3) is 16.4 Å². The fourth-order valence-electron chi connectivity index (χ4n) is 2.50. The number of hydrogen-bond donors (Lipinski definition) is 3. The van der Waals surface area contributed by atoms with Crippen LogP contribution < -0.4 is 5.69 Å². The van der Waals surface area contributed by atoms with Gasteiger partial charge in [0, 0.05) is 10.9 Å². The molecule has 3 N–H and O–H groups in total. The lowest BCUT2D eigenvalue weighted by Gasteiger charge is -2.07. The molecule has 5 heteroatoms. The molecular formula is C14H14N2O3. The molecule has 0 fully saturated rings. The number of nitrogens with one attached hydrogen (secondary N) is 1. The molecule has 0 atom stereocenters. The van der Waals surface area contributed by atoms with E-state index in [9.17, 15) is 15.0 Å². The highest BCUT2D eigenvalue weighted by Crippen LogP contribution is 2.23. The van der Waals surface area contributed by atoms with Crippen molar-refractivity contribution in [3.05, 3.63) is 51.6 Å². The Kier molecular flexibility index (Phi) is 2.66. The second-order valence-electron chi connectivity index (χ2n) is 4.63. The molecule has 0 saturated carbocycles. The molecule has 5 nitrogen and oxygen atoms in total. The number of aliphatic hydroxyl groups excluding tert-OH is 2. The summed E-state index contributed by atoms with van der Waals surface area (Å²) in [4.78, 5) is 14.7. The lowest BCUT2D eigenvalue weighted by molar-refractivity contribution is 0.256. The van der Waals surface area contributed by atoms with Gasteiger partial charge in [0.05, 0.1) is 29.9 Å². The lowest BCUT2D eigenvalue weighted by atomic mass is 10.1. The number of aliphatic hydroxyl groups is 2. The topological polar surface area (TPSA) is 77.7 Å². The molecule has 1 aromatic carbocycles. The van der Waals surface area contributed by atoms with Crippen LogP contribution in [0.1, 0.15) is 16.8 Å². The molecular weight excluding hydrogens is 244 g/mol. The van der Waals surface area contributed by atoms with Crippen LogP contribution in [-0.2, 0) is 13.2 Å². The van der Waals surface area contributed by atoms with Gasteiger partial charge in [-0.2, -0.15) is 0 Å². The van der Waals surface area contributed by atoms with E-state index < -0.39 is 0 Å². The Balaban J connectivity index is 2.55. The minimum absolute atomic E-state index is 0.231. The van der Waals surface area contributed by atoms with Gasteiger partial charge in [0.25, 0.3) is 0 Å². The van der Waals surface area contributed by atoms with E-state index in [4.69, 9.17) is 0 Å². The Morgan fingerprint density at radius 2 is 1.95 bits per heavy atom. The van der Waals surface area contributed by atoms with Crippen LogP contribution in [0.2, 0.25) is 0 Å². The van der Waals surface area contributed by atoms with E-state index in [0.29, 0.717) is 16.8 Å². The molecule has 0 aliphatic rings. The van der Waals surface area contributed by atoms with Crippen LogP contribution in [0.4, 0.5) is 0 Å². The van der Waals surface area contributed by atoms with Gasteiger partial charge in [-0.15, -0.1) is 0 Å². The first-order valence-electron chi connectivity index (χ1n) is 6.03. The second kappa shape index (κ2) is 4.22. The van der Waals surface area contributed by atoms with Gasteiger partial charge in [-0.1, -0.05) is 11.6 Å². The lowest BCUT2D eigenvalue weighted by Crippen LogP contribution is -2.20. The number of aromatic amines is 1. The maximum absolute atomic E-state index is 12.1. The summed E-state index contributed by atoms with van der Waals surface area (Å²) in [7, 11) is 0. The van der Waals surface area contributed by atoms with Crippen LogP contribution in [0, 0.1) is 6.92 Å². The van der Waals surface area contributed by atoms with Crippen molar-refractivity contribution >= 4 is 16.4 Å². The number of H-pyrrole nitrogens is 1. The van der Waals surface area contributed by atoms with Crippen molar-refractivity contribution in [2.75, 3.05) is 0 Å². The smallest absolute Gasteiger partial charge is 0.330 e. The Morgan fingerprint density at radius 3 is 2.63 bits per heavy atom. The maximum atomic E-state index is 12.1. The molecule has 2 aromatic heterocycles. The first-order chi connectivity index (χ1) is 9.15. The highest BCUT2D eigenvalue weighted by molar-refractivity contribution is 5.88. The van der Waals surface area contributed by atoms with Gasteiger partial charge in [-0.05, 0) is 25.1 Å². The molecule has 2 heterocycles. The average molecular weight is 258 g/mol. The van der Waals surface area contributed by atoms with Gasteiger partial charge in [-0.25, -0.2) is 4.79 Å². The monoisotopic (exact) mass is 258 g/mol. The minimum Gasteiger partial charge on any atom is -0.392 e. The summed E-state index contributed by atoms with van der Waals surface area (Å²) in [6, 6.07) is 7.67. The molecule has 19 heavy (non-hydrogen) atoms. The molecule has 0 aliphatic carbocycles. The Bertz CT molecular complexity index is 830. The summed E-state index contributed by atoms with van der Waals surface area (Å²) >= 11 is 0. The summed E-state index contributed by atoms with van der Waals surface area (Å²) in [6.07, 6.45) is 0. The summed E-state index contributed by atoms with van der Waals surface area (Å²) in [5, 5.41) is 19.7. The highest BCUT2D eigenvalue weighted by atomic mass is 16.3. The molecule has 0 aliphatic heterocycles. The Morgan fingerprint density at radius 1 is 1.16 bits per heavy atom. The zero-order chi connectivity index (χ0) is 13.6. The van der Waals surface area contributed by atoms with Crippen molar-refractivity contribution in [2.45, 2.75) is 20.1 Å². The number of benzene rings is 1. The van der Waals surface area contributed by atoms with Gasteiger partial charge >= 0.3 is 5.69 Å². The van der Waals surface area contributed by atoms with Crippen molar-refractivity contribution < 1.29 is 10.2 Å². The molecule has 0 amide bonds. The third-order valence-electron chi connectivity index (χ3n) is 3.41. The Hall–Kier alpha value is -2.11. The molecule has 98 valence electrons. The van der Waals surface area contributed by atoms with E-state index in [1.807, 2.05) is 31.2 Å². The molecule has 3 aromatic rings. The third-order valence-corrected chi connectivity index (χ3v) is 3.41. The number of fused-ring (bicyclic) bond motifs is 3. The van der Waals surface area contributed by atoms with E-state index in [0.717, 1.165) is 16.5 Å². The summed E-state index contributed by atoms with van der Waals surface area (Å²) in [6.45, 7) is 1.45. The van der Waals surface area contributed by atoms with Gasteiger partial charge < -0.3 is 15.2 Å². The molecule has 3 rings (SSSR count). The molecule has 0 bridgehead atoms. The normalized spacial score (nSPS) is 11.5. The fourth-order valence-corrected chi connectivity index (χ4v) is 2.50. The predicted molar refractivity (Wildman–Crippen MR) is 72.1 cm³/mol. The predicted octanol–water partition coefficient (Wildman–Crippen LogP) is 1.07. The van der Waals surface area contributed by atoms with Crippen LogP contribution in [0.5, 0.6) is 0 Å². The van der Waals surface area contributed by atoms with Crippen LogP contribution >= 0.6 is 0 Å². The molecule has 0 unspecified atom stereocenters. The summed E-state index contributed by atoms with van der Waals surface area (Å²) < 4.78 is 1.53. The zero-order valence-corrected chi connectivity index (χ0v) is 10.5. The number of aryl methyl sites for hydroxylation is 1. The quantitative estimate of drug-likeness (QED) is 0.643. The van der Waals surface area contributed by atoms with Gasteiger partial charge in [0.1, 0.15) is 0 Å². The SMILES string of the molecule is Cc1ccc2c(c1)cc1c(CO)c(CO)[nH]c(=O)n12. The third kappa shape index (κ3) is 1.67. The van der Waals surface area contributed by atoms with Crippen molar-refractivity contribution in [2.24, 2.45) is 0 Å².